The quantitative estimate of drug-likeness (QED) is 0.165. The summed E-state index contributed by atoms with van der Waals surface area (Å²) in [7, 11) is 0. The van der Waals surface area contributed by atoms with Crippen molar-refractivity contribution in [3.63, 3.8) is 0 Å². The van der Waals surface area contributed by atoms with Gasteiger partial charge in [0.2, 0.25) is 17.7 Å². The number of ether oxygens (including phenoxy) is 1. The van der Waals surface area contributed by atoms with Crippen LogP contribution < -0.4 is 26.4 Å². The Morgan fingerprint density at radius 1 is 1.25 bits per heavy atom. The third kappa shape index (κ3) is 7.25. The highest BCUT2D eigenvalue weighted by atomic mass is 127. The second kappa shape index (κ2) is 12.5. The van der Waals surface area contributed by atoms with Gasteiger partial charge in [-0.15, -0.1) is 0 Å². The number of amides is 4. The van der Waals surface area contributed by atoms with Gasteiger partial charge >= 0.3 is 5.97 Å². The van der Waals surface area contributed by atoms with Crippen LogP contribution in [0.5, 0.6) is 5.75 Å². The summed E-state index contributed by atoms with van der Waals surface area (Å²) in [6.45, 7) is 3.22. The van der Waals surface area contributed by atoms with Crippen molar-refractivity contribution >= 4 is 57.9 Å². The van der Waals surface area contributed by atoms with E-state index in [1.807, 2.05) is 0 Å². The van der Waals surface area contributed by atoms with Gasteiger partial charge in [0.25, 0.3) is 11.6 Å². The molecule has 0 fully saturated rings. The largest absolute Gasteiger partial charge is 0.492 e. The van der Waals surface area contributed by atoms with E-state index in [4.69, 9.17) is 10.5 Å². The number of primary amides is 1. The molecule has 0 bridgehead atoms. The third-order valence-corrected chi connectivity index (χ3v) is 6.39. The van der Waals surface area contributed by atoms with Crippen LogP contribution >= 0.6 is 22.6 Å². The second-order valence-corrected chi connectivity index (χ2v) is 9.32. The average molecular weight is 619 g/mol. The van der Waals surface area contributed by atoms with Crippen molar-refractivity contribution in [1.82, 2.24) is 16.0 Å². The molecule has 4 amide bonds. The Labute approximate surface area is 219 Å². The Kier molecular flexibility index (Phi) is 9.94. The van der Waals surface area contributed by atoms with Gasteiger partial charge in [-0.3, -0.25) is 34.1 Å². The number of carboxylic acids is 1. The van der Waals surface area contributed by atoms with Crippen LogP contribution in [0.15, 0.2) is 12.1 Å². The molecule has 0 saturated heterocycles. The van der Waals surface area contributed by atoms with E-state index in [-0.39, 0.29) is 27.9 Å². The zero-order valence-electron chi connectivity index (χ0n) is 19.4. The van der Waals surface area contributed by atoms with Crippen LogP contribution in [0.1, 0.15) is 43.5 Å². The molecule has 1 aromatic carbocycles. The minimum Gasteiger partial charge on any atom is -0.492 e. The third-order valence-electron chi connectivity index (χ3n) is 5.59. The predicted octanol–water partition coefficient (Wildman–Crippen LogP) is 0.0560. The number of nitro groups is 1. The number of carboxylic acid groups (broad SMARTS) is 1. The molecule has 1 aliphatic rings. The Morgan fingerprint density at radius 3 is 2.47 bits per heavy atom. The minimum atomic E-state index is -1.63. The van der Waals surface area contributed by atoms with Crippen molar-refractivity contribution in [3.05, 3.63) is 31.4 Å². The van der Waals surface area contributed by atoms with Gasteiger partial charge < -0.3 is 31.5 Å². The number of halogens is 1. The molecule has 15 heteroatoms. The number of hydrogen-bond donors (Lipinski definition) is 5. The van der Waals surface area contributed by atoms with E-state index in [0.717, 1.165) is 12.1 Å². The molecule has 1 aromatic rings. The number of carbonyl (C=O) groups is 5. The SMILES string of the molecule is CCC(C)C1NC(=O)C(CC(=O)O)NC(=O)c2cc([N+](=O)[O-])cc(I)c2OCCC(C(N)=O)NC1=O. The fourth-order valence-corrected chi connectivity index (χ4v) is 4.17. The summed E-state index contributed by atoms with van der Waals surface area (Å²) in [4.78, 5) is 73.1. The maximum absolute atomic E-state index is 13.1. The van der Waals surface area contributed by atoms with Gasteiger partial charge in [-0.1, -0.05) is 20.3 Å². The lowest BCUT2D eigenvalue weighted by atomic mass is 9.97. The molecule has 0 aromatic heterocycles. The van der Waals surface area contributed by atoms with E-state index in [0.29, 0.717) is 6.42 Å². The molecular formula is C21H26IN5O9. The molecule has 2 rings (SSSR count). The number of aliphatic carboxylic acids is 1. The van der Waals surface area contributed by atoms with Crippen molar-refractivity contribution in [1.29, 1.82) is 0 Å². The maximum atomic E-state index is 13.1. The normalized spacial score (nSPS) is 22.0. The lowest BCUT2D eigenvalue weighted by molar-refractivity contribution is -0.385. The van der Waals surface area contributed by atoms with Gasteiger partial charge in [0.05, 0.1) is 27.1 Å². The molecule has 0 saturated carbocycles. The first-order valence-corrected chi connectivity index (χ1v) is 12.0. The van der Waals surface area contributed by atoms with Crippen molar-refractivity contribution < 1.29 is 38.7 Å². The fraction of sp³-hybridized carbons (Fsp3) is 0.476. The number of fused-ring (bicyclic) bond motifs is 1. The zero-order chi connectivity index (χ0) is 27.2. The number of nitrogens with one attached hydrogen (secondary N) is 3. The number of rotatable bonds is 6. The monoisotopic (exact) mass is 619 g/mol. The molecule has 36 heavy (non-hydrogen) atoms. The summed E-state index contributed by atoms with van der Waals surface area (Å²) in [5.74, 6) is -5.49. The van der Waals surface area contributed by atoms with E-state index >= 15 is 0 Å². The standard InChI is InChI=1S/C21H26IN5O9/c1-3-9(2)16-21(33)24-13(18(23)30)4-5-36-17-11(6-10(27(34)35)7-12(17)22)19(31)25-14(8-15(28)29)20(32)26-16/h6-7,9,13-14,16H,3-5,8H2,1-2H3,(H2,23,30)(H,24,33)(H,25,31)(H,26,32)(H,28,29). The number of non-ortho nitro benzene ring substituents is 1. The molecular weight excluding hydrogens is 593 g/mol. The van der Waals surface area contributed by atoms with Crippen molar-refractivity contribution in [2.75, 3.05) is 6.61 Å². The summed E-state index contributed by atoms with van der Waals surface area (Å²) in [5.41, 5.74) is 4.67. The highest BCUT2D eigenvalue weighted by molar-refractivity contribution is 14.1. The molecule has 0 radical (unpaired) electrons. The van der Waals surface area contributed by atoms with Gasteiger partial charge in [0.15, 0.2) is 0 Å². The molecule has 196 valence electrons. The van der Waals surface area contributed by atoms with Gasteiger partial charge in [-0.25, -0.2) is 0 Å². The van der Waals surface area contributed by atoms with Crippen LogP contribution in [0.25, 0.3) is 0 Å². The van der Waals surface area contributed by atoms with Crippen molar-refractivity contribution in [3.8, 4) is 5.75 Å². The number of benzene rings is 1. The van der Waals surface area contributed by atoms with E-state index in [1.165, 1.54) is 0 Å². The van der Waals surface area contributed by atoms with Crippen LogP contribution in [-0.2, 0) is 19.2 Å². The summed E-state index contributed by atoms with van der Waals surface area (Å²) >= 11 is 1.72. The lowest BCUT2D eigenvalue weighted by Crippen LogP contribution is -2.58. The van der Waals surface area contributed by atoms with E-state index in [9.17, 15) is 39.2 Å². The number of hydrogen-bond acceptors (Lipinski definition) is 8. The first-order valence-electron chi connectivity index (χ1n) is 10.9. The van der Waals surface area contributed by atoms with Gasteiger partial charge in [-0.2, -0.15) is 0 Å². The van der Waals surface area contributed by atoms with E-state index < -0.39 is 70.7 Å². The smallest absolute Gasteiger partial charge is 0.305 e. The molecule has 4 atom stereocenters. The van der Waals surface area contributed by atoms with Gasteiger partial charge in [-0.05, 0) is 28.5 Å². The van der Waals surface area contributed by atoms with Crippen LogP contribution in [0.4, 0.5) is 5.69 Å². The predicted molar refractivity (Wildman–Crippen MR) is 132 cm³/mol. The molecule has 4 unspecified atom stereocenters. The number of nitrogens with zero attached hydrogens (tertiary/aromatic N) is 1. The molecule has 1 heterocycles. The molecule has 14 nitrogen and oxygen atoms in total. The summed E-state index contributed by atoms with van der Waals surface area (Å²) in [6.07, 6.45) is -0.495. The molecule has 1 aliphatic heterocycles. The van der Waals surface area contributed by atoms with Crippen LogP contribution in [0, 0.1) is 19.6 Å². The highest BCUT2D eigenvalue weighted by Crippen LogP contribution is 2.31. The van der Waals surface area contributed by atoms with Crippen molar-refractivity contribution in [2.24, 2.45) is 11.7 Å². The average Bonchev–Trinajstić information content (AvgIpc) is 2.79. The topological polar surface area (TPSA) is 220 Å². The molecule has 0 spiro atoms. The zero-order valence-corrected chi connectivity index (χ0v) is 21.6. The van der Waals surface area contributed by atoms with E-state index in [1.54, 1.807) is 36.4 Å². The van der Waals surface area contributed by atoms with Crippen molar-refractivity contribution in [2.45, 2.75) is 51.2 Å². The highest BCUT2D eigenvalue weighted by Gasteiger charge is 2.34. The molecule has 6 N–H and O–H groups in total. The second-order valence-electron chi connectivity index (χ2n) is 8.16. The van der Waals surface area contributed by atoms with Gasteiger partial charge in [0.1, 0.15) is 23.9 Å². The van der Waals surface area contributed by atoms with Crippen LogP contribution in [-0.4, -0.2) is 64.4 Å². The Balaban J connectivity index is 2.60. The van der Waals surface area contributed by atoms with E-state index in [2.05, 4.69) is 16.0 Å². The lowest BCUT2D eigenvalue weighted by Gasteiger charge is -2.28. The minimum absolute atomic E-state index is 0.0859. The Hall–Kier alpha value is -3.50. The van der Waals surface area contributed by atoms with Crippen LogP contribution in [0.2, 0.25) is 0 Å². The summed E-state index contributed by atoms with van der Waals surface area (Å²) in [6, 6.07) is -1.90. The number of carbonyl (C=O) groups excluding carboxylic acids is 4. The first-order chi connectivity index (χ1) is 16.8. The number of nitro benzene ring substituents is 1. The van der Waals surface area contributed by atoms with Crippen LogP contribution in [0.3, 0.4) is 0 Å². The maximum Gasteiger partial charge on any atom is 0.305 e. The fourth-order valence-electron chi connectivity index (χ4n) is 3.40. The summed E-state index contributed by atoms with van der Waals surface area (Å²) in [5, 5.41) is 27.8. The molecule has 0 aliphatic carbocycles. The van der Waals surface area contributed by atoms with Gasteiger partial charge in [0, 0.05) is 18.6 Å². The Bertz CT molecular complexity index is 1080. The number of nitrogens with two attached hydrogens (primary N) is 1. The Morgan fingerprint density at radius 2 is 1.92 bits per heavy atom. The first kappa shape index (κ1) is 28.7. The summed E-state index contributed by atoms with van der Waals surface area (Å²) < 4.78 is 5.83.